The lowest BCUT2D eigenvalue weighted by atomic mass is 9.89. The van der Waals surface area contributed by atoms with Crippen molar-refractivity contribution >= 4 is 28.6 Å². The van der Waals surface area contributed by atoms with E-state index in [1.165, 1.54) is 18.5 Å². The van der Waals surface area contributed by atoms with Crippen LogP contribution in [0.5, 0.6) is 6.01 Å². The molecule has 1 aromatic heterocycles. The van der Waals surface area contributed by atoms with Gasteiger partial charge < -0.3 is 19.7 Å². The molecule has 6 nitrogen and oxygen atoms in total. The molecular weight excluding hydrogens is 426 g/mol. The molecule has 2 aliphatic carbocycles. The maximum absolute atomic E-state index is 11.4. The van der Waals surface area contributed by atoms with Gasteiger partial charge in [-0.2, -0.15) is 4.98 Å². The number of aliphatic carboxylic acids is 1. The van der Waals surface area contributed by atoms with Gasteiger partial charge in [-0.3, -0.25) is 4.79 Å². The highest BCUT2D eigenvalue weighted by molar-refractivity contribution is 6.32. The number of hydrogen-bond acceptors (Lipinski definition) is 4. The van der Waals surface area contributed by atoms with Crippen LogP contribution >= 0.6 is 11.6 Å². The van der Waals surface area contributed by atoms with Crippen molar-refractivity contribution in [2.75, 3.05) is 13.1 Å². The van der Waals surface area contributed by atoms with Crippen molar-refractivity contribution in [1.82, 2.24) is 14.9 Å². The number of carboxylic acids is 1. The van der Waals surface area contributed by atoms with E-state index in [-0.39, 0.29) is 11.8 Å². The fourth-order valence-corrected chi connectivity index (χ4v) is 4.93. The zero-order chi connectivity index (χ0) is 22.2. The van der Waals surface area contributed by atoms with Crippen molar-refractivity contribution in [2.45, 2.75) is 32.1 Å². The molecule has 3 atom stereocenters. The first-order valence-electron chi connectivity index (χ1n) is 11.1. The number of imidazole rings is 1. The van der Waals surface area contributed by atoms with Crippen LogP contribution in [0.1, 0.15) is 37.7 Å². The molecule has 0 saturated carbocycles. The molecule has 2 heterocycles. The Morgan fingerprint density at radius 2 is 2.06 bits per heavy atom. The third kappa shape index (κ3) is 4.07. The van der Waals surface area contributed by atoms with Crippen molar-refractivity contribution in [3.8, 4) is 6.01 Å². The first-order valence-corrected chi connectivity index (χ1v) is 11.5. The van der Waals surface area contributed by atoms with Crippen LogP contribution < -0.4 is 4.74 Å². The SMILES string of the molecule is CC1C=CC(Oc2nc3cc(Cl)c(C4C=CC(N5CCCC5)=CC4)cc3[nH]2)=CC1C(=O)O. The highest BCUT2D eigenvalue weighted by atomic mass is 35.5. The van der Waals surface area contributed by atoms with E-state index in [4.69, 9.17) is 16.3 Å². The largest absolute Gasteiger partial charge is 0.481 e. The van der Waals surface area contributed by atoms with E-state index in [0.29, 0.717) is 22.3 Å². The summed E-state index contributed by atoms with van der Waals surface area (Å²) in [6.45, 7) is 4.15. The number of halogens is 1. The number of allylic oxidation sites excluding steroid dienone is 5. The van der Waals surface area contributed by atoms with Gasteiger partial charge in [0.25, 0.3) is 6.01 Å². The van der Waals surface area contributed by atoms with Crippen LogP contribution in [0.15, 0.2) is 60.0 Å². The molecule has 166 valence electrons. The van der Waals surface area contributed by atoms with Gasteiger partial charge in [0.05, 0.1) is 17.0 Å². The lowest BCUT2D eigenvalue weighted by Crippen LogP contribution is -2.21. The molecule has 3 unspecified atom stereocenters. The van der Waals surface area contributed by atoms with Crippen molar-refractivity contribution < 1.29 is 14.6 Å². The number of rotatable bonds is 5. The fraction of sp³-hybridized carbons (Fsp3) is 0.360. The zero-order valence-corrected chi connectivity index (χ0v) is 18.7. The summed E-state index contributed by atoms with van der Waals surface area (Å²) in [4.78, 5) is 21.6. The standard InChI is InChI=1S/C25H26ClN3O3/c1-15-4-9-18(12-19(15)24(30)31)32-25-27-22-13-20(21(26)14-23(22)28-25)16-5-7-17(8-6-16)29-10-2-3-11-29/h4-5,7-9,12-16,19H,2-3,6,10-11H2,1H3,(H,27,28)(H,30,31). The fourth-order valence-electron chi connectivity index (χ4n) is 4.63. The molecule has 1 aliphatic heterocycles. The van der Waals surface area contributed by atoms with Gasteiger partial charge in [0, 0.05) is 29.7 Å². The van der Waals surface area contributed by atoms with Crippen LogP contribution in [0, 0.1) is 11.8 Å². The lowest BCUT2D eigenvalue weighted by Gasteiger charge is -2.24. The van der Waals surface area contributed by atoms with E-state index >= 15 is 0 Å². The molecule has 0 radical (unpaired) electrons. The van der Waals surface area contributed by atoms with E-state index in [1.54, 1.807) is 12.2 Å². The van der Waals surface area contributed by atoms with E-state index in [0.717, 1.165) is 30.6 Å². The Morgan fingerprint density at radius 1 is 1.25 bits per heavy atom. The number of aromatic amines is 1. The Bertz CT molecular complexity index is 1170. The molecule has 0 spiro atoms. The summed E-state index contributed by atoms with van der Waals surface area (Å²) in [5.41, 5.74) is 3.92. The number of likely N-dealkylation sites (tertiary alicyclic amines) is 1. The monoisotopic (exact) mass is 451 g/mol. The molecule has 7 heteroatoms. The maximum Gasteiger partial charge on any atom is 0.311 e. The van der Waals surface area contributed by atoms with Crippen LogP contribution in [-0.2, 0) is 4.79 Å². The number of aromatic nitrogens is 2. The van der Waals surface area contributed by atoms with Crippen molar-refractivity contribution in [3.05, 3.63) is 70.6 Å². The highest BCUT2D eigenvalue weighted by Crippen LogP contribution is 2.36. The average Bonchev–Trinajstić information content (AvgIpc) is 3.44. The van der Waals surface area contributed by atoms with Gasteiger partial charge in [-0.25, -0.2) is 0 Å². The number of benzene rings is 1. The lowest BCUT2D eigenvalue weighted by molar-refractivity contribution is -0.141. The Kier molecular flexibility index (Phi) is 5.55. The van der Waals surface area contributed by atoms with E-state index in [1.807, 2.05) is 25.1 Å². The molecule has 1 saturated heterocycles. The van der Waals surface area contributed by atoms with Gasteiger partial charge in [-0.15, -0.1) is 0 Å². The average molecular weight is 452 g/mol. The van der Waals surface area contributed by atoms with Gasteiger partial charge in [-0.05, 0) is 61.1 Å². The van der Waals surface area contributed by atoms with Crippen LogP contribution in [0.2, 0.25) is 5.02 Å². The van der Waals surface area contributed by atoms with Crippen molar-refractivity contribution in [3.63, 3.8) is 0 Å². The molecule has 0 amide bonds. The smallest absolute Gasteiger partial charge is 0.311 e. The summed E-state index contributed by atoms with van der Waals surface area (Å²) >= 11 is 6.62. The zero-order valence-electron chi connectivity index (χ0n) is 17.9. The molecule has 3 aliphatic rings. The summed E-state index contributed by atoms with van der Waals surface area (Å²) in [5.74, 6) is -0.882. The number of ether oxygens (including phenoxy) is 1. The van der Waals surface area contributed by atoms with Gasteiger partial charge in [0.2, 0.25) is 0 Å². The maximum atomic E-state index is 11.4. The van der Waals surface area contributed by atoms with E-state index in [9.17, 15) is 9.90 Å². The van der Waals surface area contributed by atoms with Crippen molar-refractivity contribution in [2.24, 2.45) is 11.8 Å². The van der Waals surface area contributed by atoms with Crippen LogP contribution in [-0.4, -0.2) is 39.0 Å². The van der Waals surface area contributed by atoms with Crippen LogP contribution in [0.3, 0.4) is 0 Å². The second-order valence-corrected chi connectivity index (χ2v) is 9.12. The predicted octanol–water partition coefficient (Wildman–Crippen LogP) is 5.41. The predicted molar refractivity (Wildman–Crippen MR) is 125 cm³/mol. The minimum Gasteiger partial charge on any atom is -0.481 e. The molecule has 2 N–H and O–H groups in total. The number of nitrogens with zero attached hydrogens (tertiary/aromatic N) is 2. The Labute approximate surface area is 191 Å². The third-order valence-corrected chi connectivity index (χ3v) is 6.83. The number of H-pyrrole nitrogens is 1. The first-order chi connectivity index (χ1) is 15.5. The summed E-state index contributed by atoms with van der Waals surface area (Å²) in [6, 6.07) is 4.21. The second kappa shape index (κ2) is 8.51. The van der Waals surface area contributed by atoms with Crippen LogP contribution in [0.25, 0.3) is 11.0 Å². The molecule has 0 bridgehead atoms. The Balaban J connectivity index is 1.35. The summed E-state index contributed by atoms with van der Waals surface area (Å²) in [7, 11) is 0. The molecule has 1 fully saturated rings. The number of carboxylic acid groups (broad SMARTS) is 1. The van der Waals surface area contributed by atoms with E-state index < -0.39 is 11.9 Å². The number of fused-ring (bicyclic) bond motifs is 1. The summed E-state index contributed by atoms with van der Waals surface area (Å²) in [6.07, 6.45) is 15.4. The summed E-state index contributed by atoms with van der Waals surface area (Å²) < 4.78 is 5.84. The minimum atomic E-state index is -0.869. The van der Waals surface area contributed by atoms with Gasteiger partial charge >= 0.3 is 5.97 Å². The molecule has 1 aromatic carbocycles. The quantitative estimate of drug-likeness (QED) is 0.635. The highest BCUT2D eigenvalue weighted by Gasteiger charge is 2.25. The third-order valence-electron chi connectivity index (χ3n) is 6.50. The second-order valence-electron chi connectivity index (χ2n) is 8.71. The molecule has 5 rings (SSSR count). The van der Waals surface area contributed by atoms with Crippen molar-refractivity contribution in [1.29, 1.82) is 0 Å². The van der Waals surface area contributed by atoms with E-state index in [2.05, 4.69) is 33.1 Å². The number of carbonyl (C=O) groups is 1. The van der Waals surface area contributed by atoms with Gasteiger partial charge in [0.15, 0.2) is 0 Å². The molecular formula is C25H26ClN3O3. The summed E-state index contributed by atoms with van der Waals surface area (Å²) in [5, 5.41) is 10.1. The van der Waals surface area contributed by atoms with Crippen LogP contribution in [0.4, 0.5) is 0 Å². The normalized spacial score (nSPS) is 25.2. The first kappa shape index (κ1) is 20.9. The van der Waals surface area contributed by atoms with Gasteiger partial charge in [0.1, 0.15) is 5.76 Å². The molecule has 2 aromatic rings. The minimum absolute atomic E-state index is 0.0829. The number of hydrogen-bond donors (Lipinski definition) is 2. The topological polar surface area (TPSA) is 78.5 Å². The Morgan fingerprint density at radius 3 is 2.78 bits per heavy atom. The number of nitrogens with one attached hydrogen (secondary N) is 1. The molecule has 32 heavy (non-hydrogen) atoms. The Hall–Kier alpha value is -2.99. The van der Waals surface area contributed by atoms with Gasteiger partial charge in [-0.1, -0.05) is 36.8 Å².